The molecule has 4 N–H and O–H groups in total. The minimum absolute atomic E-state index is 0.0851. The zero-order valence-corrected chi connectivity index (χ0v) is 10.3. The van der Waals surface area contributed by atoms with Crippen molar-refractivity contribution in [1.82, 2.24) is 5.32 Å². The number of nitrogens with two attached hydrogens (primary N) is 1. The summed E-state index contributed by atoms with van der Waals surface area (Å²) >= 11 is 0. The molecule has 1 aromatic carbocycles. The van der Waals surface area contributed by atoms with Crippen LogP contribution in [0.3, 0.4) is 0 Å². The fourth-order valence-corrected chi connectivity index (χ4v) is 1.23. The second-order valence-electron chi connectivity index (χ2n) is 4.55. The van der Waals surface area contributed by atoms with Gasteiger partial charge in [0.15, 0.2) is 0 Å². The minimum atomic E-state index is -0.496. The second-order valence-corrected chi connectivity index (χ2v) is 4.55. The summed E-state index contributed by atoms with van der Waals surface area (Å²) < 4.78 is 4.99. The van der Waals surface area contributed by atoms with E-state index in [4.69, 9.17) is 10.5 Å². The zero-order chi connectivity index (χ0) is 13.1. The molecule has 0 heterocycles. The van der Waals surface area contributed by atoms with Crippen LogP contribution in [0, 0.1) is 0 Å². The summed E-state index contributed by atoms with van der Waals surface area (Å²) in [5.41, 5.74) is 5.43. The van der Waals surface area contributed by atoms with Gasteiger partial charge in [0.1, 0.15) is 11.5 Å². The summed E-state index contributed by atoms with van der Waals surface area (Å²) in [7, 11) is 1.50. The molecule has 0 aliphatic heterocycles. The number of carbonyl (C=O) groups excluding carboxylic acids is 1. The number of carbonyl (C=O) groups is 1. The van der Waals surface area contributed by atoms with Crippen molar-refractivity contribution in [3.05, 3.63) is 23.8 Å². The Kier molecular flexibility index (Phi) is 3.96. The molecular weight excluding hydrogens is 220 g/mol. The van der Waals surface area contributed by atoms with Crippen molar-refractivity contribution in [3.8, 4) is 11.5 Å². The van der Waals surface area contributed by atoms with Gasteiger partial charge in [0.25, 0.3) is 5.91 Å². The Hall–Kier alpha value is -1.75. The van der Waals surface area contributed by atoms with E-state index in [9.17, 15) is 9.90 Å². The highest BCUT2D eigenvalue weighted by atomic mass is 16.5. The molecule has 0 saturated heterocycles. The van der Waals surface area contributed by atoms with E-state index in [1.807, 2.05) is 0 Å². The molecule has 0 aliphatic carbocycles. The summed E-state index contributed by atoms with van der Waals surface area (Å²) in [6.45, 7) is 3.93. The van der Waals surface area contributed by atoms with Gasteiger partial charge in [0, 0.05) is 12.1 Å². The number of rotatable bonds is 4. The van der Waals surface area contributed by atoms with Crippen LogP contribution in [0.1, 0.15) is 24.2 Å². The molecule has 0 spiro atoms. The summed E-state index contributed by atoms with van der Waals surface area (Å²) in [5, 5.41) is 12.2. The third-order valence-electron chi connectivity index (χ3n) is 2.15. The van der Waals surface area contributed by atoms with E-state index >= 15 is 0 Å². The fourth-order valence-electron chi connectivity index (χ4n) is 1.23. The molecule has 5 nitrogen and oxygen atoms in total. The Labute approximate surface area is 101 Å². The smallest absolute Gasteiger partial charge is 0.255 e. The van der Waals surface area contributed by atoms with Crippen LogP contribution in [0.2, 0.25) is 0 Å². The van der Waals surface area contributed by atoms with Crippen LogP contribution in [0.25, 0.3) is 0 Å². The quantitative estimate of drug-likeness (QED) is 0.726. The van der Waals surface area contributed by atoms with Crippen molar-refractivity contribution in [2.45, 2.75) is 19.4 Å². The van der Waals surface area contributed by atoms with E-state index in [0.717, 1.165) is 0 Å². The van der Waals surface area contributed by atoms with E-state index in [1.54, 1.807) is 19.9 Å². The van der Waals surface area contributed by atoms with Gasteiger partial charge in [-0.1, -0.05) is 0 Å². The van der Waals surface area contributed by atoms with Gasteiger partial charge in [-0.25, -0.2) is 0 Å². The number of ether oxygens (including phenoxy) is 1. The molecule has 94 valence electrons. The standard InChI is InChI=1S/C12H18N2O3/c1-12(2,13)7-14-11(16)9-6-8(17-3)4-5-10(9)15/h4-6,15H,7,13H2,1-3H3,(H,14,16). The molecular formula is C12H18N2O3. The number of nitrogens with one attached hydrogen (secondary N) is 1. The van der Waals surface area contributed by atoms with Crippen LogP contribution in [-0.4, -0.2) is 30.2 Å². The Morgan fingerprint density at radius 1 is 1.53 bits per heavy atom. The third kappa shape index (κ3) is 3.96. The first-order valence-electron chi connectivity index (χ1n) is 5.27. The Morgan fingerprint density at radius 3 is 2.71 bits per heavy atom. The Balaban J connectivity index is 2.81. The van der Waals surface area contributed by atoms with Gasteiger partial charge >= 0.3 is 0 Å². The lowest BCUT2D eigenvalue weighted by molar-refractivity contribution is 0.0943. The van der Waals surface area contributed by atoms with Gasteiger partial charge in [0.05, 0.1) is 12.7 Å². The molecule has 5 heteroatoms. The number of benzene rings is 1. The van der Waals surface area contributed by atoms with Crippen molar-refractivity contribution in [3.63, 3.8) is 0 Å². The summed E-state index contributed by atoms with van der Waals surface area (Å²) in [5.74, 6) is 0.0537. The average molecular weight is 238 g/mol. The predicted molar refractivity (Wildman–Crippen MR) is 65.3 cm³/mol. The normalized spacial score (nSPS) is 11.1. The topological polar surface area (TPSA) is 84.6 Å². The molecule has 0 bridgehead atoms. The maximum absolute atomic E-state index is 11.8. The minimum Gasteiger partial charge on any atom is -0.507 e. The highest BCUT2D eigenvalue weighted by molar-refractivity contribution is 5.97. The van der Waals surface area contributed by atoms with Gasteiger partial charge in [-0.05, 0) is 32.0 Å². The first kappa shape index (κ1) is 13.3. The van der Waals surface area contributed by atoms with Gasteiger partial charge in [-0.2, -0.15) is 0 Å². The molecule has 17 heavy (non-hydrogen) atoms. The molecule has 0 aromatic heterocycles. The molecule has 0 saturated carbocycles. The summed E-state index contributed by atoms with van der Waals surface area (Å²) in [4.78, 5) is 11.8. The number of phenolic OH excluding ortho intramolecular Hbond substituents is 1. The lowest BCUT2D eigenvalue weighted by atomic mass is 10.1. The van der Waals surface area contributed by atoms with E-state index in [2.05, 4.69) is 5.32 Å². The molecule has 1 amide bonds. The van der Waals surface area contributed by atoms with Gasteiger partial charge in [-0.15, -0.1) is 0 Å². The van der Waals surface area contributed by atoms with Crippen LogP contribution < -0.4 is 15.8 Å². The van der Waals surface area contributed by atoms with Crippen molar-refractivity contribution < 1.29 is 14.6 Å². The number of hydrogen-bond donors (Lipinski definition) is 3. The molecule has 0 aliphatic rings. The predicted octanol–water partition coefficient (Wildman–Crippen LogP) is 0.868. The lowest BCUT2D eigenvalue weighted by Gasteiger charge is -2.19. The van der Waals surface area contributed by atoms with E-state index in [1.165, 1.54) is 19.2 Å². The molecule has 1 rings (SSSR count). The number of aromatic hydroxyl groups is 1. The highest BCUT2D eigenvalue weighted by Gasteiger charge is 2.16. The molecule has 0 fully saturated rings. The maximum atomic E-state index is 11.8. The van der Waals surface area contributed by atoms with Crippen LogP contribution in [0.5, 0.6) is 11.5 Å². The SMILES string of the molecule is COc1ccc(O)c(C(=O)NCC(C)(C)N)c1. The fraction of sp³-hybridized carbons (Fsp3) is 0.417. The number of hydrogen-bond acceptors (Lipinski definition) is 4. The molecule has 0 atom stereocenters. The van der Waals surface area contributed by atoms with Crippen LogP contribution in [0.4, 0.5) is 0 Å². The lowest BCUT2D eigenvalue weighted by Crippen LogP contribution is -2.45. The van der Waals surface area contributed by atoms with Crippen molar-refractivity contribution in [2.75, 3.05) is 13.7 Å². The van der Waals surface area contributed by atoms with Crippen LogP contribution in [0.15, 0.2) is 18.2 Å². The first-order chi connectivity index (χ1) is 7.83. The van der Waals surface area contributed by atoms with E-state index in [-0.39, 0.29) is 17.2 Å². The number of amides is 1. The number of methoxy groups -OCH3 is 1. The van der Waals surface area contributed by atoms with Crippen LogP contribution >= 0.6 is 0 Å². The maximum Gasteiger partial charge on any atom is 0.255 e. The van der Waals surface area contributed by atoms with Gasteiger partial charge in [-0.3, -0.25) is 4.79 Å². The third-order valence-corrected chi connectivity index (χ3v) is 2.15. The average Bonchev–Trinajstić information content (AvgIpc) is 2.25. The number of phenols is 1. The summed E-state index contributed by atoms with van der Waals surface area (Å²) in [6.07, 6.45) is 0. The molecule has 0 radical (unpaired) electrons. The van der Waals surface area contributed by atoms with Crippen molar-refractivity contribution in [1.29, 1.82) is 0 Å². The largest absolute Gasteiger partial charge is 0.507 e. The molecule has 0 unspecified atom stereocenters. The van der Waals surface area contributed by atoms with E-state index in [0.29, 0.717) is 12.3 Å². The van der Waals surface area contributed by atoms with Gasteiger partial charge in [0.2, 0.25) is 0 Å². The summed E-state index contributed by atoms with van der Waals surface area (Å²) in [6, 6.07) is 4.48. The van der Waals surface area contributed by atoms with Crippen LogP contribution in [-0.2, 0) is 0 Å². The van der Waals surface area contributed by atoms with Crippen molar-refractivity contribution >= 4 is 5.91 Å². The Bertz CT molecular complexity index is 411. The monoisotopic (exact) mass is 238 g/mol. The highest BCUT2D eigenvalue weighted by Crippen LogP contribution is 2.22. The van der Waals surface area contributed by atoms with Gasteiger partial charge < -0.3 is 20.9 Å². The van der Waals surface area contributed by atoms with Crippen molar-refractivity contribution in [2.24, 2.45) is 5.73 Å². The van der Waals surface area contributed by atoms with E-state index < -0.39 is 5.54 Å². The first-order valence-corrected chi connectivity index (χ1v) is 5.27. The second kappa shape index (κ2) is 5.05. The zero-order valence-electron chi connectivity index (χ0n) is 10.3. The Morgan fingerprint density at radius 2 is 2.18 bits per heavy atom. The molecule has 1 aromatic rings.